The molecule has 0 radical (unpaired) electrons. The van der Waals surface area contributed by atoms with E-state index in [9.17, 15) is 13.2 Å². The quantitative estimate of drug-likeness (QED) is 0.917. The zero-order valence-electron chi connectivity index (χ0n) is 10.9. The fourth-order valence-electron chi connectivity index (χ4n) is 2.35. The summed E-state index contributed by atoms with van der Waals surface area (Å²) in [4.78, 5) is 4.09. The first kappa shape index (κ1) is 13.2. The van der Waals surface area contributed by atoms with Gasteiger partial charge in [-0.25, -0.2) is 4.98 Å². The van der Waals surface area contributed by atoms with E-state index in [1.165, 1.54) is 12.1 Å². The number of aryl methyl sites for hydroxylation is 1. The topological polar surface area (TPSA) is 29.9 Å². The molecule has 0 bridgehead atoms. The third-order valence-corrected chi connectivity index (χ3v) is 3.66. The fraction of sp³-hybridized carbons (Fsp3) is 0.357. The van der Waals surface area contributed by atoms with Crippen LogP contribution in [0.25, 0.3) is 5.69 Å². The molecule has 0 amide bonds. The van der Waals surface area contributed by atoms with Gasteiger partial charge in [-0.3, -0.25) is 0 Å². The van der Waals surface area contributed by atoms with Gasteiger partial charge in [0.15, 0.2) is 0 Å². The van der Waals surface area contributed by atoms with Crippen LogP contribution in [0.1, 0.15) is 22.7 Å². The van der Waals surface area contributed by atoms with Crippen molar-refractivity contribution >= 4 is 0 Å². The molecule has 0 aliphatic carbocycles. The van der Waals surface area contributed by atoms with E-state index >= 15 is 0 Å². The molecule has 1 aromatic carbocycles. The zero-order valence-corrected chi connectivity index (χ0v) is 10.9. The van der Waals surface area contributed by atoms with Crippen LogP contribution in [0.2, 0.25) is 0 Å². The van der Waals surface area contributed by atoms with Gasteiger partial charge in [-0.05, 0) is 24.6 Å². The fourth-order valence-corrected chi connectivity index (χ4v) is 2.35. The van der Waals surface area contributed by atoms with Crippen molar-refractivity contribution in [2.45, 2.75) is 19.0 Å². The number of hydrogen-bond donors (Lipinski definition) is 1. The van der Waals surface area contributed by atoms with Crippen LogP contribution in [0, 0.1) is 6.92 Å². The average molecular weight is 281 g/mol. The maximum atomic E-state index is 12.8. The molecule has 1 aliphatic rings. The minimum Gasteiger partial charge on any atom is -0.315 e. The highest BCUT2D eigenvalue weighted by molar-refractivity contribution is 5.45. The molecular formula is C14H14F3N3. The first-order chi connectivity index (χ1) is 9.47. The number of rotatable bonds is 2. The first-order valence-corrected chi connectivity index (χ1v) is 6.38. The summed E-state index contributed by atoms with van der Waals surface area (Å²) in [5.74, 6) is 0.312. The van der Waals surface area contributed by atoms with Crippen molar-refractivity contribution in [2.75, 3.05) is 13.1 Å². The summed E-state index contributed by atoms with van der Waals surface area (Å²) in [6.45, 7) is 3.48. The Morgan fingerprint density at radius 2 is 2.05 bits per heavy atom. The standard InChI is InChI=1S/C14H14F3N3/c1-9-2-3-11(14(15,16)17)4-12(9)20-8-19-7-13(20)10-5-18-6-10/h2-4,7-8,10,18H,5-6H2,1H3. The maximum Gasteiger partial charge on any atom is 0.416 e. The van der Waals surface area contributed by atoms with Crippen LogP contribution in [0.4, 0.5) is 13.2 Å². The molecule has 1 saturated heterocycles. The van der Waals surface area contributed by atoms with Crippen molar-refractivity contribution in [3.63, 3.8) is 0 Å². The summed E-state index contributed by atoms with van der Waals surface area (Å²) in [7, 11) is 0. The predicted molar refractivity (Wildman–Crippen MR) is 68.9 cm³/mol. The number of imidazole rings is 1. The highest BCUT2D eigenvalue weighted by Gasteiger charge is 2.31. The summed E-state index contributed by atoms with van der Waals surface area (Å²) in [6.07, 6.45) is -1.03. The molecule has 106 valence electrons. The SMILES string of the molecule is Cc1ccc(C(F)(F)F)cc1-n1cncc1C1CNC1. The molecule has 1 aliphatic heterocycles. The monoisotopic (exact) mass is 281 g/mol. The van der Waals surface area contributed by atoms with E-state index in [0.29, 0.717) is 11.6 Å². The lowest BCUT2D eigenvalue weighted by Crippen LogP contribution is -2.40. The Morgan fingerprint density at radius 3 is 2.65 bits per heavy atom. The molecule has 6 heteroatoms. The molecule has 20 heavy (non-hydrogen) atoms. The number of alkyl halides is 3. The molecule has 1 fully saturated rings. The molecule has 2 heterocycles. The van der Waals surface area contributed by atoms with E-state index in [1.54, 1.807) is 24.0 Å². The minimum atomic E-state index is -4.33. The zero-order chi connectivity index (χ0) is 14.3. The Kier molecular flexibility index (Phi) is 3.05. The van der Waals surface area contributed by atoms with Gasteiger partial charge in [-0.15, -0.1) is 0 Å². The van der Waals surface area contributed by atoms with Crippen molar-refractivity contribution < 1.29 is 13.2 Å². The van der Waals surface area contributed by atoms with Crippen molar-refractivity contribution in [2.24, 2.45) is 0 Å². The summed E-state index contributed by atoms with van der Waals surface area (Å²) >= 11 is 0. The van der Waals surface area contributed by atoms with Crippen LogP contribution in [0.15, 0.2) is 30.7 Å². The Hall–Kier alpha value is -1.82. The van der Waals surface area contributed by atoms with Crippen LogP contribution in [-0.2, 0) is 6.18 Å². The highest BCUT2D eigenvalue weighted by atomic mass is 19.4. The molecule has 3 nitrogen and oxygen atoms in total. The van der Waals surface area contributed by atoms with Gasteiger partial charge in [0.2, 0.25) is 0 Å². The summed E-state index contributed by atoms with van der Waals surface area (Å²) in [6, 6.07) is 3.80. The predicted octanol–water partition coefficient (Wildman–Crippen LogP) is 2.89. The van der Waals surface area contributed by atoms with Crippen LogP contribution >= 0.6 is 0 Å². The molecule has 1 N–H and O–H groups in total. The Balaban J connectivity index is 2.07. The first-order valence-electron chi connectivity index (χ1n) is 6.38. The molecule has 2 aromatic rings. The van der Waals surface area contributed by atoms with E-state index in [2.05, 4.69) is 10.3 Å². The number of nitrogens with one attached hydrogen (secondary N) is 1. The summed E-state index contributed by atoms with van der Waals surface area (Å²) in [5, 5.41) is 3.16. The lowest BCUT2D eigenvalue weighted by Gasteiger charge is -2.28. The van der Waals surface area contributed by atoms with Crippen molar-refractivity contribution in [3.8, 4) is 5.69 Å². The second-order valence-corrected chi connectivity index (χ2v) is 5.04. The van der Waals surface area contributed by atoms with Crippen molar-refractivity contribution in [1.82, 2.24) is 14.9 Å². The van der Waals surface area contributed by atoms with Crippen LogP contribution in [-0.4, -0.2) is 22.6 Å². The Labute approximate surface area is 114 Å². The van der Waals surface area contributed by atoms with E-state index in [4.69, 9.17) is 0 Å². The number of nitrogens with zero attached hydrogens (tertiary/aromatic N) is 2. The summed E-state index contributed by atoms with van der Waals surface area (Å²) < 4.78 is 40.3. The molecule has 1 aromatic heterocycles. The Morgan fingerprint density at radius 1 is 1.30 bits per heavy atom. The van der Waals surface area contributed by atoms with E-state index < -0.39 is 11.7 Å². The van der Waals surface area contributed by atoms with Gasteiger partial charge >= 0.3 is 6.18 Å². The second-order valence-electron chi connectivity index (χ2n) is 5.04. The van der Waals surface area contributed by atoms with Gasteiger partial charge < -0.3 is 9.88 Å². The van der Waals surface area contributed by atoms with E-state index in [-0.39, 0.29) is 0 Å². The smallest absolute Gasteiger partial charge is 0.315 e. The van der Waals surface area contributed by atoms with Gasteiger partial charge in [-0.2, -0.15) is 13.2 Å². The average Bonchev–Trinajstić information content (AvgIpc) is 2.74. The van der Waals surface area contributed by atoms with E-state index in [0.717, 1.165) is 30.4 Å². The summed E-state index contributed by atoms with van der Waals surface area (Å²) in [5.41, 5.74) is 1.65. The normalized spacial score (nSPS) is 16.2. The third-order valence-electron chi connectivity index (χ3n) is 3.66. The number of halogens is 3. The minimum absolute atomic E-state index is 0.312. The highest BCUT2D eigenvalue weighted by Crippen LogP contribution is 2.32. The van der Waals surface area contributed by atoms with Crippen molar-refractivity contribution in [1.29, 1.82) is 0 Å². The molecule has 0 atom stereocenters. The van der Waals surface area contributed by atoms with Gasteiger partial charge in [0.25, 0.3) is 0 Å². The lowest BCUT2D eigenvalue weighted by molar-refractivity contribution is -0.137. The van der Waals surface area contributed by atoms with Gasteiger partial charge in [-0.1, -0.05) is 6.07 Å². The van der Waals surface area contributed by atoms with Crippen LogP contribution in [0.3, 0.4) is 0 Å². The number of hydrogen-bond acceptors (Lipinski definition) is 2. The largest absolute Gasteiger partial charge is 0.416 e. The second kappa shape index (κ2) is 4.63. The molecule has 0 spiro atoms. The molecule has 3 rings (SSSR count). The lowest BCUT2D eigenvalue weighted by atomic mass is 9.99. The molecule has 0 saturated carbocycles. The van der Waals surface area contributed by atoms with Crippen molar-refractivity contribution in [3.05, 3.63) is 47.5 Å². The van der Waals surface area contributed by atoms with Crippen LogP contribution in [0.5, 0.6) is 0 Å². The molecular weight excluding hydrogens is 267 g/mol. The Bertz CT molecular complexity index is 627. The third kappa shape index (κ3) is 2.20. The van der Waals surface area contributed by atoms with Gasteiger partial charge in [0, 0.05) is 30.9 Å². The number of benzene rings is 1. The molecule has 0 unspecified atom stereocenters. The number of aromatic nitrogens is 2. The maximum absolute atomic E-state index is 12.8. The van der Waals surface area contributed by atoms with Crippen LogP contribution < -0.4 is 5.32 Å². The van der Waals surface area contributed by atoms with Gasteiger partial charge in [0.1, 0.15) is 0 Å². The van der Waals surface area contributed by atoms with E-state index in [1.807, 2.05) is 0 Å². The van der Waals surface area contributed by atoms with Gasteiger partial charge in [0.05, 0.1) is 17.6 Å².